The Hall–Kier alpha value is -1.50. The monoisotopic (exact) mass is 303 g/mol. The van der Waals surface area contributed by atoms with Crippen LogP contribution in [0.4, 0.5) is 5.69 Å². The largest absolute Gasteiger partial charge is 0.395 e. The summed E-state index contributed by atoms with van der Waals surface area (Å²) in [6.07, 6.45) is 3.78. The normalized spacial score (nSPS) is 25.7. The Bertz CT molecular complexity index is 607. The number of fused-ring (bicyclic) bond motifs is 1. The zero-order valence-electron chi connectivity index (χ0n) is 11.7. The van der Waals surface area contributed by atoms with Crippen molar-refractivity contribution in [1.29, 1.82) is 0 Å². The SMILES string of the molecule is O=C(Nc1cc(C#CCCO)ccc1Cl)C1CC2CC2C1. The van der Waals surface area contributed by atoms with Crippen LogP contribution in [0.15, 0.2) is 18.2 Å². The molecule has 2 N–H and O–H groups in total. The van der Waals surface area contributed by atoms with Crippen molar-refractivity contribution < 1.29 is 9.90 Å². The second-order valence-corrected chi connectivity index (χ2v) is 6.29. The van der Waals surface area contributed by atoms with Gasteiger partial charge in [-0.05, 0) is 49.3 Å². The number of hydrogen-bond donors (Lipinski definition) is 2. The van der Waals surface area contributed by atoms with Crippen molar-refractivity contribution in [3.8, 4) is 11.8 Å². The van der Waals surface area contributed by atoms with E-state index in [0.29, 0.717) is 17.1 Å². The number of benzene rings is 1. The van der Waals surface area contributed by atoms with Crippen LogP contribution in [-0.2, 0) is 4.79 Å². The van der Waals surface area contributed by atoms with E-state index in [1.807, 2.05) is 6.07 Å². The van der Waals surface area contributed by atoms with Gasteiger partial charge in [0.1, 0.15) is 0 Å². The first-order valence-electron chi connectivity index (χ1n) is 7.37. The predicted molar refractivity (Wildman–Crippen MR) is 83.0 cm³/mol. The molecule has 4 heteroatoms. The summed E-state index contributed by atoms with van der Waals surface area (Å²) in [7, 11) is 0. The molecule has 0 saturated heterocycles. The fourth-order valence-electron chi connectivity index (χ4n) is 3.08. The third-order valence-electron chi connectivity index (χ3n) is 4.31. The summed E-state index contributed by atoms with van der Waals surface area (Å²) in [4.78, 5) is 12.3. The highest BCUT2D eigenvalue weighted by Crippen LogP contribution is 2.54. The molecule has 3 rings (SSSR count). The molecule has 0 aliphatic heterocycles. The number of hydrogen-bond acceptors (Lipinski definition) is 2. The first-order valence-corrected chi connectivity index (χ1v) is 7.75. The summed E-state index contributed by atoms with van der Waals surface area (Å²) in [6, 6.07) is 5.35. The van der Waals surface area contributed by atoms with Gasteiger partial charge in [0.05, 0.1) is 17.3 Å². The lowest BCUT2D eigenvalue weighted by Gasteiger charge is -2.13. The summed E-state index contributed by atoms with van der Waals surface area (Å²) >= 11 is 6.14. The molecule has 2 aliphatic carbocycles. The number of halogens is 1. The third-order valence-corrected chi connectivity index (χ3v) is 4.64. The van der Waals surface area contributed by atoms with Crippen molar-refractivity contribution in [3.05, 3.63) is 28.8 Å². The zero-order chi connectivity index (χ0) is 14.8. The van der Waals surface area contributed by atoms with Gasteiger partial charge in [-0.3, -0.25) is 4.79 Å². The van der Waals surface area contributed by atoms with Crippen LogP contribution in [0.5, 0.6) is 0 Å². The summed E-state index contributed by atoms with van der Waals surface area (Å²) in [5.41, 5.74) is 1.41. The van der Waals surface area contributed by atoms with Gasteiger partial charge >= 0.3 is 0 Å². The Morgan fingerprint density at radius 3 is 2.81 bits per heavy atom. The molecule has 2 unspecified atom stereocenters. The molecule has 1 amide bonds. The summed E-state index contributed by atoms with van der Waals surface area (Å²) in [5, 5.41) is 12.2. The Balaban J connectivity index is 1.67. The Morgan fingerprint density at radius 1 is 1.33 bits per heavy atom. The number of nitrogens with one attached hydrogen (secondary N) is 1. The third kappa shape index (κ3) is 3.40. The minimum absolute atomic E-state index is 0.0498. The Kier molecular flexibility index (Phi) is 4.19. The van der Waals surface area contributed by atoms with Gasteiger partial charge in [-0.25, -0.2) is 0 Å². The second-order valence-electron chi connectivity index (χ2n) is 5.88. The summed E-state index contributed by atoms with van der Waals surface area (Å²) in [5.74, 6) is 7.59. The van der Waals surface area contributed by atoms with E-state index in [1.54, 1.807) is 12.1 Å². The Morgan fingerprint density at radius 2 is 2.10 bits per heavy atom. The standard InChI is InChI=1S/C17H18ClNO2/c18-15-5-4-11(3-1-2-6-20)7-16(15)19-17(21)14-9-12-8-13(12)10-14/h4-5,7,12-14,20H,2,6,8-10H2,(H,19,21). The smallest absolute Gasteiger partial charge is 0.227 e. The minimum atomic E-state index is 0.0498. The van der Waals surface area contributed by atoms with Crippen LogP contribution < -0.4 is 5.32 Å². The minimum Gasteiger partial charge on any atom is -0.395 e. The van der Waals surface area contributed by atoms with Gasteiger partial charge in [0.2, 0.25) is 5.91 Å². The maximum Gasteiger partial charge on any atom is 0.227 e. The van der Waals surface area contributed by atoms with Crippen molar-refractivity contribution >= 4 is 23.2 Å². The van der Waals surface area contributed by atoms with E-state index < -0.39 is 0 Å². The average Bonchev–Trinajstić information content (AvgIpc) is 3.08. The second kappa shape index (κ2) is 6.09. The topological polar surface area (TPSA) is 49.3 Å². The molecule has 2 fully saturated rings. The molecule has 21 heavy (non-hydrogen) atoms. The number of rotatable bonds is 3. The first kappa shape index (κ1) is 14.4. The molecule has 1 aromatic rings. The van der Waals surface area contributed by atoms with Gasteiger partial charge in [0.25, 0.3) is 0 Å². The van der Waals surface area contributed by atoms with E-state index in [9.17, 15) is 4.79 Å². The zero-order valence-corrected chi connectivity index (χ0v) is 12.5. The molecular formula is C17H18ClNO2. The molecule has 0 heterocycles. The van der Waals surface area contributed by atoms with Gasteiger partial charge in [-0.2, -0.15) is 0 Å². The van der Waals surface area contributed by atoms with E-state index in [2.05, 4.69) is 17.2 Å². The van der Waals surface area contributed by atoms with Gasteiger partial charge in [0, 0.05) is 17.9 Å². The van der Waals surface area contributed by atoms with Crippen molar-refractivity contribution in [2.75, 3.05) is 11.9 Å². The van der Waals surface area contributed by atoms with Gasteiger partial charge < -0.3 is 10.4 Å². The molecule has 0 bridgehead atoms. The molecule has 0 spiro atoms. The van der Waals surface area contributed by atoms with Crippen molar-refractivity contribution in [2.45, 2.75) is 25.7 Å². The maximum atomic E-state index is 12.3. The number of carbonyl (C=O) groups excluding carboxylic acids is 1. The van der Waals surface area contributed by atoms with Crippen LogP contribution in [-0.4, -0.2) is 17.6 Å². The highest BCUT2D eigenvalue weighted by Gasteiger charge is 2.48. The molecular weight excluding hydrogens is 286 g/mol. The molecule has 2 atom stereocenters. The highest BCUT2D eigenvalue weighted by atomic mass is 35.5. The van der Waals surface area contributed by atoms with Crippen LogP contribution in [0.3, 0.4) is 0 Å². The molecule has 2 aliphatic rings. The van der Waals surface area contributed by atoms with Gasteiger partial charge in [-0.1, -0.05) is 23.4 Å². The number of carbonyl (C=O) groups is 1. The maximum absolute atomic E-state index is 12.3. The van der Waals surface area contributed by atoms with Crippen molar-refractivity contribution in [2.24, 2.45) is 17.8 Å². The molecule has 0 aromatic heterocycles. The van der Waals surface area contributed by atoms with Crippen LogP contribution >= 0.6 is 11.6 Å². The number of anilines is 1. The van der Waals surface area contributed by atoms with Gasteiger partial charge in [-0.15, -0.1) is 0 Å². The lowest BCUT2D eigenvalue weighted by Crippen LogP contribution is -2.21. The molecule has 3 nitrogen and oxygen atoms in total. The average molecular weight is 304 g/mol. The number of aliphatic hydroxyl groups is 1. The van der Waals surface area contributed by atoms with E-state index in [-0.39, 0.29) is 18.4 Å². The van der Waals surface area contributed by atoms with Crippen LogP contribution in [0.2, 0.25) is 5.02 Å². The van der Waals surface area contributed by atoms with E-state index in [0.717, 1.165) is 30.2 Å². The highest BCUT2D eigenvalue weighted by molar-refractivity contribution is 6.33. The van der Waals surface area contributed by atoms with Crippen molar-refractivity contribution in [3.63, 3.8) is 0 Å². The van der Waals surface area contributed by atoms with Gasteiger partial charge in [0.15, 0.2) is 0 Å². The fourth-order valence-corrected chi connectivity index (χ4v) is 3.25. The lowest BCUT2D eigenvalue weighted by molar-refractivity contribution is -0.120. The Labute approximate surface area is 129 Å². The number of amides is 1. The molecule has 110 valence electrons. The quantitative estimate of drug-likeness (QED) is 0.843. The summed E-state index contributed by atoms with van der Waals surface area (Å²) in [6.45, 7) is 0.0498. The predicted octanol–water partition coefficient (Wildman–Crippen LogP) is 3.06. The fraction of sp³-hybridized carbons (Fsp3) is 0.471. The van der Waals surface area contributed by atoms with E-state index in [4.69, 9.17) is 16.7 Å². The molecule has 1 aromatic carbocycles. The van der Waals surface area contributed by atoms with E-state index >= 15 is 0 Å². The first-order chi connectivity index (χ1) is 10.2. The van der Waals surface area contributed by atoms with Crippen LogP contribution in [0, 0.1) is 29.6 Å². The lowest BCUT2D eigenvalue weighted by atomic mass is 10.0. The molecule has 0 radical (unpaired) electrons. The summed E-state index contributed by atoms with van der Waals surface area (Å²) < 4.78 is 0. The molecule has 2 saturated carbocycles. The number of aliphatic hydroxyl groups excluding tert-OH is 1. The van der Waals surface area contributed by atoms with E-state index in [1.165, 1.54) is 6.42 Å². The van der Waals surface area contributed by atoms with Crippen LogP contribution in [0.1, 0.15) is 31.2 Å². The van der Waals surface area contributed by atoms with Crippen molar-refractivity contribution in [1.82, 2.24) is 0 Å². The van der Waals surface area contributed by atoms with Crippen LogP contribution in [0.25, 0.3) is 0 Å².